The van der Waals surface area contributed by atoms with E-state index in [2.05, 4.69) is 58.4 Å². The quantitative estimate of drug-likeness (QED) is 0.260. The number of aliphatic hydroxyl groups is 1. The van der Waals surface area contributed by atoms with E-state index in [0.29, 0.717) is 6.61 Å². The Hall–Kier alpha value is -1.16. The summed E-state index contributed by atoms with van der Waals surface area (Å²) in [6.45, 7) is 2.16. The SMILES string of the molecule is BrCCCCCOCCCCc1ccccc1.OCCCCc1ccccc1. The molecule has 0 heterocycles. The van der Waals surface area contributed by atoms with Crippen molar-refractivity contribution in [3.8, 4) is 0 Å². The van der Waals surface area contributed by atoms with E-state index in [1.54, 1.807) is 0 Å². The molecule has 2 aromatic rings. The van der Waals surface area contributed by atoms with Crippen LogP contribution in [0.15, 0.2) is 60.7 Å². The van der Waals surface area contributed by atoms with Crippen molar-refractivity contribution in [2.45, 2.75) is 57.8 Å². The highest BCUT2D eigenvalue weighted by molar-refractivity contribution is 9.09. The predicted molar refractivity (Wildman–Crippen MR) is 124 cm³/mol. The molecule has 0 bridgehead atoms. The number of rotatable bonds is 14. The minimum Gasteiger partial charge on any atom is -0.396 e. The van der Waals surface area contributed by atoms with Crippen molar-refractivity contribution >= 4 is 15.9 Å². The zero-order valence-electron chi connectivity index (χ0n) is 17.2. The average Bonchev–Trinajstić information content (AvgIpc) is 2.75. The van der Waals surface area contributed by atoms with Gasteiger partial charge >= 0.3 is 0 Å². The largest absolute Gasteiger partial charge is 0.396 e. The van der Waals surface area contributed by atoms with Gasteiger partial charge < -0.3 is 9.84 Å². The summed E-state index contributed by atoms with van der Waals surface area (Å²) in [6, 6.07) is 21.0. The van der Waals surface area contributed by atoms with Crippen LogP contribution < -0.4 is 0 Å². The monoisotopic (exact) mass is 448 g/mol. The number of hydrogen-bond donors (Lipinski definition) is 1. The van der Waals surface area contributed by atoms with E-state index in [9.17, 15) is 0 Å². The van der Waals surface area contributed by atoms with Gasteiger partial charge in [0.25, 0.3) is 0 Å². The maximum Gasteiger partial charge on any atom is 0.0466 e. The van der Waals surface area contributed by atoms with Crippen LogP contribution in [0.1, 0.15) is 56.1 Å². The number of aryl methyl sites for hydroxylation is 2. The van der Waals surface area contributed by atoms with Crippen LogP contribution in [-0.4, -0.2) is 30.3 Å². The lowest BCUT2D eigenvalue weighted by Crippen LogP contribution is -1.98. The third-order valence-electron chi connectivity index (χ3n) is 4.49. The summed E-state index contributed by atoms with van der Waals surface area (Å²) < 4.78 is 5.60. The highest BCUT2D eigenvalue weighted by atomic mass is 79.9. The van der Waals surface area contributed by atoms with E-state index in [-0.39, 0.29) is 0 Å². The lowest BCUT2D eigenvalue weighted by molar-refractivity contribution is 0.126. The van der Waals surface area contributed by atoms with E-state index in [4.69, 9.17) is 9.84 Å². The summed E-state index contributed by atoms with van der Waals surface area (Å²) in [5.41, 5.74) is 2.80. The first-order valence-electron chi connectivity index (χ1n) is 10.7. The van der Waals surface area contributed by atoms with Crippen LogP contribution in [0.3, 0.4) is 0 Å². The molecule has 0 atom stereocenters. The zero-order chi connectivity index (χ0) is 20.1. The van der Waals surface area contributed by atoms with Gasteiger partial charge in [-0.15, -0.1) is 0 Å². The van der Waals surface area contributed by atoms with Crippen molar-refractivity contribution in [1.29, 1.82) is 0 Å². The number of halogens is 1. The Balaban J connectivity index is 0.000000307. The zero-order valence-corrected chi connectivity index (χ0v) is 18.8. The first kappa shape index (κ1) is 24.9. The standard InChI is InChI=1S/C15H23BrO.C10H14O/c16-12-6-2-7-13-17-14-8-5-11-15-9-3-1-4-10-15;11-9-5-4-8-10-6-2-1-3-7-10/h1,3-4,9-10H,2,5-8,11-14H2;1-3,6-7,11H,4-5,8-9H2. The molecule has 1 N–H and O–H groups in total. The molecule has 2 rings (SSSR count). The fourth-order valence-corrected chi connectivity index (χ4v) is 3.24. The molecule has 0 fully saturated rings. The molecule has 0 aliphatic rings. The molecule has 0 saturated heterocycles. The van der Waals surface area contributed by atoms with Gasteiger partial charge in [-0.05, 0) is 62.5 Å². The molecule has 3 heteroatoms. The lowest BCUT2D eigenvalue weighted by Gasteiger charge is -2.04. The van der Waals surface area contributed by atoms with Gasteiger partial charge in [0.05, 0.1) is 0 Å². The van der Waals surface area contributed by atoms with Crippen molar-refractivity contribution in [1.82, 2.24) is 0 Å². The van der Waals surface area contributed by atoms with Gasteiger partial charge in [-0.1, -0.05) is 83.0 Å². The fraction of sp³-hybridized carbons (Fsp3) is 0.520. The number of alkyl halides is 1. The summed E-state index contributed by atoms with van der Waals surface area (Å²) >= 11 is 3.43. The number of hydrogen-bond acceptors (Lipinski definition) is 2. The summed E-state index contributed by atoms with van der Waals surface area (Å²) in [5.74, 6) is 0. The second-order valence-corrected chi connectivity index (χ2v) is 7.76. The summed E-state index contributed by atoms with van der Waals surface area (Å²) in [7, 11) is 0. The maximum absolute atomic E-state index is 8.54. The van der Waals surface area contributed by atoms with E-state index >= 15 is 0 Å². The van der Waals surface area contributed by atoms with Gasteiger partial charge in [-0.25, -0.2) is 0 Å². The van der Waals surface area contributed by atoms with E-state index in [0.717, 1.165) is 37.8 Å². The molecule has 0 spiro atoms. The molecule has 0 aliphatic heterocycles. The molecule has 0 saturated carbocycles. The van der Waals surface area contributed by atoms with Crippen molar-refractivity contribution in [3.05, 3.63) is 71.8 Å². The molecular weight excluding hydrogens is 412 g/mol. The molecule has 0 aromatic heterocycles. The van der Waals surface area contributed by atoms with Crippen LogP contribution in [0.2, 0.25) is 0 Å². The second-order valence-electron chi connectivity index (χ2n) is 6.97. The average molecular weight is 449 g/mol. The molecule has 0 radical (unpaired) electrons. The Morgan fingerprint density at radius 1 is 0.607 bits per heavy atom. The normalized spacial score (nSPS) is 10.4. The van der Waals surface area contributed by atoms with Crippen LogP contribution in [0.4, 0.5) is 0 Å². The van der Waals surface area contributed by atoms with Crippen LogP contribution in [0.5, 0.6) is 0 Å². The predicted octanol–water partition coefficient (Wildman–Crippen LogP) is 6.59. The molecule has 0 unspecified atom stereocenters. The van der Waals surface area contributed by atoms with Gasteiger partial charge in [-0.2, -0.15) is 0 Å². The minimum absolute atomic E-state index is 0.312. The van der Waals surface area contributed by atoms with Crippen LogP contribution in [-0.2, 0) is 17.6 Å². The third-order valence-corrected chi connectivity index (χ3v) is 5.05. The first-order chi connectivity index (χ1) is 13.9. The number of ether oxygens (including phenoxy) is 1. The smallest absolute Gasteiger partial charge is 0.0466 e. The van der Waals surface area contributed by atoms with Crippen LogP contribution in [0, 0.1) is 0 Å². The highest BCUT2D eigenvalue weighted by Crippen LogP contribution is 2.05. The maximum atomic E-state index is 8.54. The van der Waals surface area contributed by atoms with Gasteiger partial charge in [0.15, 0.2) is 0 Å². The Morgan fingerprint density at radius 3 is 1.61 bits per heavy atom. The number of benzene rings is 2. The Morgan fingerprint density at radius 2 is 1.11 bits per heavy atom. The van der Waals surface area contributed by atoms with Gasteiger partial charge in [0, 0.05) is 25.2 Å². The Bertz CT molecular complexity index is 545. The second kappa shape index (κ2) is 19.2. The van der Waals surface area contributed by atoms with Gasteiger partial charge in [0.1, 0.15) is 0 Å². The third kappa shape index (κ3) is 14.8. The summed E-state index contributed by atoms with van der Waals surface area (Å²) in [5, 5.41) is 9.66. The topological polar surface area (TPSA) is 29.5 Å². The summed E-state index contributed by atoms with van der Waals surface area (Å²) in [4.78, 5) is 0. The van der Waals surface area contributed by atoms with Crippen LogP contribution >= 0.6 is 15.9 Å². The van der Waals surface area contributed by atoms with Gasteiger partial charge in [0.2, 0.25) is 0 Å². The number of aliphatic hydroxyl groups excluding tert-OH is 1. The van der Waals surface area contributed by atoms with Gasteiger partial charge in [-0.3, -0.25) is 0 Å². The van der Waals surface area contributed by atoms with E-state index in [1.807, 2.05) is 18.2 Å². The van der Waals surface area contributed by atoms with Crippen LogP contribution in [0.25, 0.3) is 0 Å². The van der Waals surface area contributed by atoms with Crippen molar-refractivity contribution in [2.24, 2.45) is 0 Å². The Labute approximate surface area is 180 Å². The highest BCUT2D eigenvalue weighted by Gasteiger charge is 1.93. The Kier molecular flexibility index (Phi) is 17.0. The van der Waals surface area contributed by atoms with Crippen molar-refractivity contribution < 1.29 is 9.84 Å². The van der Waals surface area contributed by atoms with E-state index < -0.39 is 0 Å². The lowest BCUT2D eigenvalue weighted by atomic mass is 10.1. The van der Waals surface area contributed by atoms with Crippen molar-refractivity contribution in [3.63, 3.8) is 0 Å². The molecular formula is C25H37BrO2. The molecule has 2 aromatic carbocycles. The molecule has 2 nitrogen and oxygen atoms in total. The fourth-order valence-electron chi connectivity index (χ4n) is 2.84. The molecule has 156 valence electrons. The molecule has 0 amide bonds. The molecule has 28 heavy (non-hydrogen) atoms. The summed E-state index contributed by atoms with van der Waals surface area (Å²) in [6.07, 6.45) is 10.4. The first-order valence-corrected chi connectivity index (χ1v) is 11.8. The van der Waals surface area contributed by atoms with E-state index in [1.165, 1.54) is 49.7 Å². The minimum atomic E-state index is 0.312. The van der Waals surface area contributed by atoms with Crippen molar-refractivity contribution in [2.75, 3.05) is 25.2 Å². The number of unbranched alkanes of at least 4 members (excludes halogenated alkanes) is 4. The molecule has 0 aliphatic carbocycles.